The van der Waals surface area contributed by atoms with Crippen LogP contribution in [0.15, 0.2) is 67.8 Å². The highest BCUT2D eigenvalue weighted by atomic mass is 14.3. The van der Waals surface area contributed by atoms with E-state index in [-0.39, 0.29) is 5.41 Å². The highest BCUT2D eigenvalue weighted by Crippen LogP contribution is 2.43. The third-order valence-corrected chi connectivity index (χ3v) is 4.07. The van der Waals surface area contributed by atoms with E-state index < -0.39 is 0 Å². The Morgan fingerprint density at radius 3 is 2.32 bits per heavy atom. The van der Waals surface area contributed by atoms with E-state index in [4.69, 9.17) is 0 Å². The first-order valence-corrected chi connectivity index (χ1v) is 6.74. The Morgan fingerprint density at radius 2 is 1.63 bits per heavy atom. The van der Waals surface area contributed by atoms with Crippen molar-refractivity contribution in [2.75, 3.05) is 0 Å². The van der Waals surface area contributed by atoms with E-state index in [0.29, 0.717) is 0 Å². The van der Waals surface area contributed by atoms with Gasteiger partial charge in [0.1, 0.15) is 0 Å². The number of allylic oxidation sites excluding steroid dienone is 3. The SMILES string of the molecule is C=CCC1(CC=C)C=Cc2cccc3cccc1c23. The zero-order valence-electron chi connectivity index (χ0n) is 11.1. The van der Waals surface area contributed by atoms with Crippen LogP contribution < -0.4 is 0 Å². The molecule has 0 aromatic heterocycles. The zero-order chi connectivity index (χ0) is 13.3. The van der Waals surface area contributed by atoms with Crippen LogP contribution in [-0.2, 0) is 5.41 Å². The second kappa shape index (κ2) is 4.55. The van der Waals surface area contributed by atoms with Crippen LogP contribution in [0.4, 0.5) is 0 Å². The minimum Gasteiger partial charge on any atom is -0.103 e. The van der Waals surface area contributed by atoms with Gasteiger partial charge in [-0.3, -0.25) is 0 Å². The predicted molar refractivity (Wildman–Crippen MR) is 84.3 cm³/mol. The van der Waals surface area contributed by atoms with Gasteiger partial charge in [-0.15, -0.1) is 13.2 Å². The van der Waals surface area contributed by atoms with Crippen LogP contribution >= 0.6 is 0 Å². The van der Waals surface area contributed by atoms with Crippen LogP contribution in [0.5, 0.6) is 0 Å². The number of rotatable bonds is 4. The summed E-state index contributed by atoms with van der Waals surface area (Å²) in [5, 5.41) is 2.70. The summed E-state index contributed by atoms with van der Waals surface area (Å²) < 4.78 is 0. The van der Waals surface area contributed by atoms with Crippen molar-refractivity contribution in [1.82, 2.24) is 0 Å². The molecule has 0 saturated carbocycles. The number of hydrogen-bond acceptors (Lipinski definition) is 0. The Hall–Kier alpha value is -2.08. The Labute approximate surface area is 114 Å². The van der Waals surface area contributed by atoms with Crippen molar-refractivity contribution in [3.63, 3.8) is 0 Å². The summed E-state index contributed by atoms with van der Waals surface area (Å²) in [6.45, 7) is 7.87. The molecule has 1 aliphatic carbocycles. The lowest BCUT2D eigenvalue weighted by molar-refractivity contribution is 0.556. The molecule has 19 heavy (non-hydrogen) atoms. The average molecular weight is 246 g/mol. The zero-order valence-corrected chi connectivity index (χ0v) is 11.1. The third kappa shape index (κ3) is 1.76. The van der Waals surface area contributed by atoms with Crippen LogP contribution in [0.2, 0.25) is 0 Å². The van der Waals surface area contributed by atoms with E-state index in [1.165, 1.54) is 21.9 Å². The van der Waals surface area contributed by atoms with Gasteiger partial charge in [-0.1, -0.05) is 60.7 Å². The van der Waals surface area contributed by atoms with Crippen LogP contribution in [0, 0.1) is 0 Å². The molecule has 3 rings (SSSR count). The van der Waals surface area contributed by atoms with Crippen LogP contribution in [0.3, 0.4) is 0 Å². The molecule has 0 aliphatic heterocycles. The molecule has 0 unspecified atom stereocenters. The summed E-state index contributed by atoms with van der Waals surface area (Å²) in [5.41, 5.74) is 2.75. The summed E-state index contributed by atoms with van der Waals surface area (Å²) in [5.74, 6) is 0. The van der Waals surface area contributed by atoms with Crippen LogP contribution in [0.25, 0.3) is 16.8 Å². The van der Waals surface area contributed by atoms with Crippen LogP contribution in [0.1, 0.15) is 24.0 Å². The minimum absolute atomic E-state index is 0.0252. The van der Waals surface area contributed by atoms with Gasteiger partial charge in [-0.25, -0.2) is 0 Å². The van der Waals surface area contributed by atoms with Gasteiger partial charge in [-0.2, -0.15) is 0 Å². The molecule has 2 aromatic carbocycles. The largest absolute Gasteiger partial charge is 0.103 e. The van der Waals surface area contributed by atoms with Gasteiger partial charge in [0.25, 0.3) is 0 Å². The van der Waals surface area contributed by atoms with E-state index >= 15 is 0 Å². The van der Waals surface area contributed by atoms with E-state index in [1.807, 2.05) is 12.2 Å². The molecule has 1 aliphatic rings. The molecular formula is C19H18. The molecule has 0 spiro atoms. The molecule has 2 aromatic rings. The Balaban J connectivity index is 2.34. The number of hydrogen-bond donors (Lipinski definition) is 0. The predicted octanol–water partition coefficient (Wildman–Crippen LogP) is 5.26. The maximum atomic E-state index is 3.93. The second-order valence-corrected chi connectivity index (χ2v) is 5.23. The Kier molecular flexibility index (Phi) is 2.87. The van der Waals surface area contributed by atoms with Crippen molar-refractivity contribution >= 4 is 16.8 Å². The maximum Gasteiger partial charge on any atom is 0.0210 e. The van der Waals surface area contributed by atoms with Gasteiger partial charge < -0.3 is 0 Å². The normalized spacial score (nSPS) is 15.4. The van der Waals surface area contributed by atoms with Gasteiger partial charge in [0.2, 0.25) is 0 Å². The van der Waals surface area contributed by atoms with Gasteiger partial charge in [0.05, 0.1) is 0 Å². The first-order chi connectivity index (χ1) is 9.30. The maximum absolute atomic E-state index is 3.93. The molecular weight excluding hydrogens is 228 g/mol. The van der Waals surface area contributed by atoms with Crippen molar-refractivity contribution in [3.05, 3.63) is 78.9 Å². The summed E-state index contributed by atoms with van der Waals surface area (Å²) in [6.07, 6.45) is 10.5. The molecule has 0 bridgehead atoms. The van der Waals surface area contributed by atoms with E-state index in [2.05, 4.69) is 61.7 Å². The molecule has 0 radical (unpaired) electrons. The van der Waals surface area contributed by atoms with Crippen molar-refractivity contribution in [3.8, 4) is 0 Å². The fourth-order valence-corrected chi connectivity index (χ4v) is 3.22. The van der Waals surface area contributed by atoms with Gasteiger partial charge in [0, 0.05) is 5.41 Å². The molecule has 0 heteroatoms. The third-order valence-electron chi connectivity index (χ3n) is 4.07. The molecule has 0 fully saturated rings. The van der Waals surface area contributed by atoms with E-state index in [0.717, 1.165) is 12.8 Å². The van der Waals surface area contributed by atoms with E-state index in [1.54, 1.807) is 0 Å². The molecule has 0 atom stereocenters. The number of benzene rings is 2. The lowest BCUT2D eigenvalue weighted by Gasteiger charge is -2.34. The van der Waals surface area contributed by atoms with Crippen molar-refractivity contribution in [2.24, 2.45) is 0 Å². The average Bonchev–Trinajstić information content (AvgIpc) is 2.44. The second-order valence-electron chi connectivity index (χ2n) is 5.23. The summed E-state index contributed by atoms with van der Waals surface area (Å²) >= 11 is 0. The monoisotopic (exact) mass is 246 g/mol. The first kappa shape index (κ1) is 12.0. The lowest BCUT2D eigenvalue weighted by Crippen LogP contribution is -2.24. The van der Waals surface area contributed by atoms with Crippen LogP contribution in [-0.4, -0.2) is 0 Å². The first-order valence-electron chi connectivity index (χ1n) is 6.74. The molecule has 0 nitrogen and oxygen atoms in total. The molecule has 0 saturated heterocycles. The molecule has 0 N–H and O–H groups in total. The topological polar surface area (TPSA) is 0 Å². The minimum atomic E-state index is 0.0252. The van der Waals surface area contributed by atoms with Gasteiger partial charge >= 0.3 is 0 Å². The Morgan fingerprint density at radius 1 is 0.947 bits per heavy atom. The summed E-state index contributed by atoms with van der Waals surface area (Å²) in [7, 11) is 0. The van der Waals surface area contributed by atoms with E-state index in [9.17, 15) is 0 Å². The summed E-state index contributed by atoms with van der Waals surface area (Å²) in [4.78, 5) is 0. The molecule has 0 amide bonds. The van der Waals surface area contributed by atoms with Gasteiger partial charge in [-0.05, 0) is 34.7 Å². The smallest absolute Gasteiger partial charge is 0.0210 e. The van der Waals surface area contributed by atoms with Crippen molar-refractivity contribution < 1.29 is 0 Å². The van der Waals surface area contributed by atoms with Crippen molar-refractivity contribution in [1.29, 1.82) is 0 Å². The lowest BCUT2D eigenvalue weighted by atomic mass is 9.70. The molecule has 0 heterocycles. The fourth-order valence-electron chi connectivity index (χ4n) is 3.22. The van der Waals surface area contributed by atoms with Gasteiger partial charge in [0.15, 0.2) is 0 Å². The van der Waals surface area contributed by atoms with Crippen molar-refractivity contribution in [2.45, 2.75) is 18.3 Å². The standard InChI is InChI=1S/C19H18/c1-3-12-19(13-4-2)14-11-16-8-5-7-15-9-6-10-17(19)18(15)16/h3-11,14H,1-2,12-13H2. The molecule has 94 valence electrons. The fraction of sp³-hybridized carbons (Fsp3) is 0.158. The highest BCUT2D eigenvalue weighted by Gasteiger charge is 2.31. The summed E-state index contributed by atoms with van der Waals surface area (Å²) in [6, 6.07) is 13.1. The quantitative estimate of drug-likeness (QED) is 0.646. The highest BCUT2D eigenvalue weighted by molar-refractivity contribution is 5.96. The Bertz CT molecular complexity index is 658.